The van der Waals surface area contributed by atoms with Crippen LogP contribution in [0.3, 0.4) is 0 Å². The molecule has 0 unspecified atom stereocenters. The van der Waals surface area contributed by atoms with E-state index in [-0.39, 0.29) is 42.1 Å². The van der Waals surface area contributed by atoms with Crippen LogP contribution in [0.15, 0.2) is 116 Å². The Morgan fingerprint density at radius 3 is 1.25 bits per heavy atom. The number of carbonyl (C=O) groups is 6. The Balaban J connectivity index is 0.000000271. The smallest absolute Gasteiger partial charge is 0.293 e. The molecule has 0 saturated carbocycles. The summed E-state index contributed by atoms with van der Waals surface area (Å²) in [6.45, 7) is 14.1. The lowest BCUT2D eigenvalue weighted by Crippen LogP contribution is -2.33. The molecular formula is C45H53ClN10O14S6. The van der Waals surface area contributed by atoms with Crippen LogP contribution in [0.1, 0.15) is 72.7 Å². The van der Waals surface area contributed by atoms with Crippen LogP contribution in [-0.2, 0) is 64.1 Å². The number of carbonyl (C=O) groups excluding carboxylic acids is 6. The standard InChI is InChI=1S/C14H15NO3S.C13H13ClN4O4S2.C10H13NO3S.C8H12N4O4S2/c1-10(2)14(16)15-19(17,18)13-8-7-11-5-3-4-6-12(11)9-13;1-7(2)10(19)18-24(21,22)13-17-16-12(23-13)15-11(20)8-3-5-9(14)6-4-8;1-8(2)10(12)11-15(13,14)9-6-4-3-5-7-9;1-4(2)6(14)12-18(15,16)8-11-10-7(17-8)9-5(3)13/h3-10H,1-2H3,(H,15,16);3-7H,1-2H3,(H,18,19)(H,15,16,20);3-8H,1-2H3,(H,11,12);4H,1-3H3,(H,12,14)(H,9,10,13). The summed E-state index contributed by atoms with van der Waals surface area (Å²) in [5, 5.41) is 21.0. The molecule has 0 spiro atoms. The summed E-state index contributed by atoms with van der Waals surface area (Å²) in [4.78, 5) is 68.5. The molecule has 0 atom stereocenters. The third-order valence-corrected chi connectivity index (χ3v) is 17.1. The second kappa shape index (κ2) is 27.8. The predicted octanol–water partition coefficient (Wildman–Crippen LogP) is 5.31. The molecule has 31 heteroatoms. The van der Waals surface area contributed by atoms with Crippen LogP contribution < -0.4 is 29.5 Å². The second-order valence-corrected chi connectivity index (χ2v) is 26.2. The molecule has 6 aromatic rings. The van der Waals surface area contributed by atoms with Gasteiger partial charge in [-0.2, -0.15) is 16.8 Å². The van der Waals surface area contributed by atoms with Crippen LogP contribution in [0.2, 0.25) is 5.02 Å². The number of hydrogen-bond donors (Lipinski definition) is 6. The van der Waals surface area contributed by atoms with Gasteiger partial charge in [0.05, 0.1) is 9.79 Å². The second-order valence-electron chi connectivity index (χ2n) is 16.7. The van der Waals surface area contributed by atoms with Gasteiger partial charge in [-0.25, -0.2) is 35.7 Å². The van der Waals surface area contributed by atoms with Crippen molar-refractivity contribution in [2.24, 2.45) is 23.7 Å². The minimum Gasteiger partial charge on any atom is -0.301 e. The summed E-state index contributed by atoms with van der Waals surface area (Å²) in [6, 6.07) is 26.2. The maximum Gasteiger partial charge on any atom is 0.293 e. The molecule has 6 amide bonds. The first-order valence-electron chi connectivity index (χ1n) is 22.1. The molecule has 2 heterocycles. The first-order valence-corrected chi connectivity index (χ1v) is 30.0. The third-order valence-electron chi connectivity index (χ3n) is 9.00. The average Bonchev–Trinajstić information content (AvgIpc) is 4.03. The minimum absolute atomic E-state index is 0.00711. The van der Waals surface area contributed by atoms with Crippen molar-refractivity contribution in [3.63, 3.8) is 0 Å². The molecule has 0 fully saturated rings. The highest BCUT2D eigenvalue weighted by Gasteiger charge is 2.26. The number of benzene rings is 4. The van der Waals surface area contributed by atoms with Gasteiger partial charge in [0.1, 0.15) is 0 Å². The molecule has 4 aromatic carbocycles. The maximum atomic E-state index is 12.1. The van der Waals surface area contributed by atoms with Crippen molar-refractivity contribution in [3.05, 3.63) is 108 Å². The van der Waals surface area contributed by atoms with E-state index in [1.54, 1.807) is 97.9 Å². The molecule has 6 N–H and O–H groups in total. The van der Waals surface area contributed by atoms with Crippen molar-refractivity contribution >= 4 is 131 Å². The molecule has 0 radical (unpaired) electrons. The number of nitrogens with zero attached hydrogens (tertiary/aromatic N) is 4. The lowest BCUT2D eigenvalue weighted by atomic mass is 10.1. The van der Waals surface area contributed by atoms with Crippen molar-refractivity contribution in [3.8, 4) is 0 Å². The van der Waals surface area contributed by atoms with E-state index in [4.69, 9.17) is 11.6 Å². The van der Waals surface area contributed by atoms with Crippen LogP contribution in [0, 0.1) is 23.7 Å². The Labute approximate surface area is 452 Å². The van der Waals surface area contributed by atoms with E-state index in [1.807, 2.05) is 38.4 Å². The number of hydrogen-bond acceptors (Lipinski definition) is 20. The molecule has 0 aliphatic heterocycles. The summed E-state index contributed by atoms with van der Waals surface area (Å²) < 4.78 is 102. The maximum absolute atomic E-state index is 12.1. The fraction of sp³-hybridized carbons (Fsp3) is 0.289. The SMILES string of the molecule is CC(=O)Nc1nnc(S(=O)(=O)NC(=O)C(C)C)s1.CC(C)C(=O)NS(=O)(=O)c1ccc2ccccc2c1.CC(C)C(=O)NS(=O)(=O)c1ccccc1.CC(C)C(=O)NS(=O)(=O)c1nnc(NC(=O)c2ccc(Cl)cc2)s1. The van der Waals surface area contributed by atoms with Crippen LogP contribution in [0.5, 0.6) is 0 Å². The molecule has 6 rings (SSSR count). The fourth-order valence-corrected chi connectivity index (χ4v) is 11.3. The minimum atomic E-state index is -4.11. The number of nitrogens with one attached hydrogen (secondary N) is 6. The Morgan fingerprint density at radius 1 is 0.447 bits per heavy atom. The Bertz CT molecular complexity index is 3500. The lowest BCUT2D eigenvalue weighted by Gasteiger charge is -2.09. The largest absolute Gasteiger partial charge is 0.301 e. The van der Waals surface area contributed by atoms with E-state index in [1.165, 1.54) is 37.3 Å². The van der Waals surface area contributed by atoms with E-state index < -0.39 is 85.8 Å². The monoisotopic (exact) mass is 1180 g/mol. The fourth-order valence-electron chi connectivity index (χ4n) is 4.80. The van der Waals surface area contributed by atoms with Gasteiger partial charge >= 0.3 is 0 Å². The summed E-state index contributed by atoms with van der Waals surface area (Å²) in [7, 11) is -15.6. The number of anilines is 2. The first-order chi connectivity index (χ1) is 35.2. The number of halogens is 1. The first kappa shape index (κ1) is 63.5. The van der Waals surface area contributed by atoms with Crippen molar-refractivity contribution in [1.82, 2.24) is 39.3 Å². The molecule has 410 valence electrons. The van der Waals surface area contributed by atoms with Crippen LogP contribution >= 0.6 is 34.3 Å². The lowest BCUT2D eigenvalue weighted by molar-refractivity contribution is -0.123. The highest BCUT2D eigenvalue weighted by Crippen LogP contribution is 2.23. The van der Waals surface area contributed by atoms with Crippen LogP contribution in [0.25, 0.3) is 10.8 Å². The molecular weight excluding hydrogens is 1130 g/mol. The Kier molecular flexibility index (Phi) is 23.2. The topological polar surface area (TPSA) is 363 Å². The molecule has 0 saturated heterocycles. The van der Waals surface area contributed by atoms with E-state index in [0.717, 1.165) is 10.8 Å². The van der Waals surface area contributed by atoms with Gasteiger partial charge in [0, 0.05) is 41.2 Å². The zero-order chi connectivity index (χ0) is 57.3. The third kappa shape index (κ3) is 20.0. The molecule has 76 heavy (non-hydrogen) atoms. The molecule has 0 bridgehead atoms. The van der Waals surface area contributed by atoms with Crippen LogP contribution in [0.4, 0.5) is 10.3 Å². The number of fused-ring (bicyclic) bond motifs is 1. The van der Waals surface area contributed by atoms with Crippen LogP contribution in [-0.4, -0.2) is 89.5 Å². The number of amides is 6. The summed E-state index contributed by atoms with van der Waals surface area (Å²) in [5.41, 5.74) is 0.326. The van der Waals surface area contributed by atoms with Gasteiger partial charge in [0.15, 0.2) is 0 Å². The predicted molar refractivity (Wildman–Crippen MR) is 285 cm³/mol. The quantitative estimate of drug-likeness (QED) is 0.0709. The highest BCUT2D eigenvalue weighted by atomic mass is 35.5. The summed E-state index contributed by atoms with van der Waals surface area (Å²) >= 11 is 7.04. The average molecular weight is 1190 g/mol. The van der Waals surface area contributed by atoms with Gasteiger partial charge in [-0.1, -0.05) is 138 Å². The number of rotatable bonds is 15. The molecule has 24 nitrogen and oxygen atoms in total. The van der Waals surface area contributed by atoms with Crippen molar-refractivity contribution in [1.29, 1.82) is 0 Å². The van der Waals surface area contributed by atoms with Gasteiger partial charge < -0.3 is 5.32 Å². The van der Waals surface area contributed by atoms with E-state index in [0.29, 0.717) is 33.3 Å². The number of sulfonamides is 4. The van der Waals surface area contributed by atoms with Gasteiger partial charge in [-0.15, -0.1) is 20.4 Å². The van der Waals surface area contributed by atoms with E-state index in [9.17, 15) is 62.4 Å². The molecule has 2 aromatic heterocycles. The molecule has 0 aliphatic carbocycles. The van der Waals surface area contributed by atoms with Gasteiger partial charge in [-0.3, -0.25) is 34.1 Å². The van der Waals surface area contributed by atoms with E-state index >= 15 is 0 Å². The normalized spacial score (nSPS) is 11.4. The van der Waals surface area contributed by atoms with Gasteiger partial charge in [-0.05, 0) is 59.3 Å². The van der Waals surface area contributed by atoms with Gasteiger partial charge in [0.25, 0.3) is 54.7 Å². The van der Waals surface area contributed by atoms with Crippen molar-refractivity contribution in [2.75, 3.05) is 10.6 Å². The Hall–Kier alpha value is -6.83. The molecule has 0 aliphatic rings. The van der Waals surface area contributed by atoms with Gasteiger partial charge in [0.2, 0.25) is 39.8 Å². The van der Waals surface area contributed by atoms with Crippen molar-refractivity contribution < 1.29 is 62.4 Å². The van der Waals surface area contributed by atoms with Crippen molar-refractivity contribution in [2.45, 2.75) is 80.8 Å². The zero-order valence-electron chi connectivity index (χ0n) is 41.9. The highest BCUT2D eigenvalue weighted by molar-refractivity contribution is 7.92. The summed E-state index contributed by atoms with van der Waals surface area (Å²) in [5.74, 6) is -4.88. The number of aromatic nitrogens is 4. The zero-order valence-corrected chi connectivity index (χ0v) is 47.5. The summed E-state index contributed by atoms with van der Waals surface area (Å²) in [6.07, 6.45) is 0. The van der Waals surface area contributed by atoms with E-state index in [2.05, 4.69) is 35.8 Å². The Morgan fingerprint density at radius 2 is 0.829 bits per heavy atom.